The first kappa shape index (κ1) is 18.4. The average molecular weight is 343 g/mol. The van der Waals surface area contributed by atoms with Crippen molar-refractivity contribution in [3.05, 3.63) is 11.4 Å². The first-order valence-electron chi connectivity index (χ1n) is 8.52. The number of sulfonamides is 1. The number of rotatable bonds is 7. The van der Waals surface area contributed by atoms with Crippen LogP contribution < -0.4 is 10.5 Å². The molecule has 23 heavy (non-hydrogen) atoms. The van der Waals surface area contributed by atoms with Gasteiger partial charge in [0, 0.05) is 19.1 Å². The van der Waals surface area contributed by atoms with Crippen molar-refractivity contribution < 1.29 is 8.42 Å². The lowest BCUT2D eigenvalue weighted by Gasteiger charge is -2.23. The summed E-state index contributed by atoms with van der Waals surface area (Å²) < 4.78 is 30.4. The van der Waals surface area contributed by atoms with E-state index in [0.29, 0.717) is 41.2 Å². The highest BCUT2D eigenvalue weighted by molar-refractivity contribution is 7.89. The second-order valence-corrected chi connectivity index (χ2v) is 8.73. The largest absolute Gasteiger partial charge is 0.329 e. The van der Waals surface area contributed by atoms with Crippen LogP contribution in [-0.4, -0.2) is 30.8 Å². The summed E-state index contributed by atoms with van der Waals surface area (Å²) in [6.07, 6.45) is 4.42. The number of hydrogen-bond donors (Lipinski definition) is 2. The molecular weight excluding hydrogens is 312 g/mol. The molecule has 1 aromatic rings. The Labute approximate surface area is 139 Å². The molecule has 0 amide bonds. The van der Waals surface area contributed by atoms with Crippen molar-refractivity contribution in [3.63, 3.8) is 0 Å². The van der Waals surface area contributed by atoms with Crippen molar-refractivity contribution >= 4 is 10.0 Å². The van der Waals surface area contributed by atoms with Crippen LogP contribution in [0.15, 0.2) is 4.90 Å². The van der Waals surface area contributed by atoms with Crippen LogP contribution in [0.1, 0.15) is 50.9 Å². The molecule has 0 spiro atoms. The molecule has 0 aliphatic heterocycles. The van der Waals surface area contributed by atoms with Gasteiger partial charge in [-0.1, -0.05) is 26.7 Å². The molecule has 1 unspecified atom stereocenters. The van der Waals surface area contributed by atoms with Gasteiger partial charge in [-0.3, -0.25) is 4.68 Å². The van der Waals surface area contributed by atoms with Gasteiger partial charge in [0.15, 0.2) is 0 Å². The van der Waals surface area contributed by atoms with Crippen LogP contribution in [0.3, 0.4) is 0 Å². The molecule has 3 N–H and O–H groups in total. The highest BCUT2D eigenvalue weighted by Gasteiger charge is 2.31. The van der Waals surface area contributed by atoms with Gasteiger partial charge in [-0.15, -0.1) is 0 Å². The number of nitrogens with one attached hydrogen (secondary N) is 1. The Morgan fingerprint density at radius 2 is 1.91 bits per heavy atom. The molecule has 0 bridgehead atoms. The van der Waals surface area contributed by atoms with E-state index in [1.807, 2.05) is 6.92 Å². The molecule has 0 saturated heterocycles. The van der Waals surface area contributed by atoms with Crippen LogP contribution >= 0.6 is 0 Å². The van der Waals surface area contributed by atoms with Crippen LogP contribution in [0, 0.1) is 25.7 Å². The van der Waals surface area contributed by atoms with E-state index in [1.165, 1.54) is 0 Å². The molecule has 1 aliphatic rings. The van der Waals surface area contributed by atoms with E-state index in [2.05, 4.69) is 23.7 Å². The lowest BCUT2D eigenvalue weighted by atomic mass is 9.99. The third-order valence-corrected chi connectivity index (χ3v) is 6.39. The minimum atomic E-state index is -3.60. The minimum Gasteiger partial charge on any atom is -0.329 e. The molecule has 132 valence electrons. The normalized spacial score (nSPS) is 18.0. The van der Waals surface area contributed by atoms with Crippen molar-refractivity contribution in [2.24, 2.45) is 17.6 Å². The molecule has 1 fully saturated rings. The summed E-state index contributed by atoms with van der Waals surface area (Å²) >= 11 is 0. The summed E-state index contributed by atoms with van der Waals surface area (Å²) in [5.74, 6) is 0.757. The zero-order valence-electron chi connectivity index (χ0n) is 14.7. The Kier molecular flexibility index (Phi) is 5.86. The van der Waals surface area contributed by atoms with E-state index < -0.39 is 10.0 Å². The number of aromatic nitrogens is 2. The van der Waals surface area contributed by atoms with Crippen molar-refractivity contribution in [2.75, 3.05) is 6.54 Å². The molecule has 0 aromatic carbocycles. The van der Waals surface area contributed by atoms with Crippen LogP contribution in [0.25, 0.3) is 0 Å². The third-order valence-electron chi connectivity index (χ3n) is 4.65. The summed E-state index contributed by atoms with van der Waals surface area (Å²) in [6, 6.07) is -0.185. The molecule has 1 saturated carbocycles. The van der Waals surface area contributed by atoms with Crippen molar-refractivity contribution in [1.29, 1.82) is 0 Å². The Balaban J connectivity index is 2.26. The van der Waals surface area contributed by atoms with Gasteiger partial charge in [-0.2, -0.15) is 5.10 Å². The molecular formula is C16H30N4O2S. The summed E-state index contributed by atoms with van der Waals surface area (Å²) in [7, 11) is -3.60. The van der Waals surface area contributed by atoms with Crippen LogP contribution in [0.5, 0.6) is 0 Å². The van der Waals surface area contributed by atoms with E-state index in [1.54, 1.807) is 11.6 Å². The highest BCUT2D eigenvalue weighted by Crippen LogP contribution is 2.29. The average Bonchev–Trinajstić information content (AvgIpc) is 3.05. The molecule has 1 aromatic heterocycles. The predicted molar refractivity (Wildman–Crippen MR) is 91.7 cm³/mol. The molecule has 1 atom stereocenters. The SMILES string of the molecule is Cc1nn(CC(C)C)c(C)c1S(=O)(=O)NC(CN)C1CCCC1. The topological polar surface area (TPSA) is 90.0 Å². The Bertz CT molecular complexity index is 631. The molecule has 2 rings (SSSR count). The van der Waals surface area contributed by atoms with Crippen LogP contribution in [0.4, 0.5) is 0 Å². The van der Waals surface area contributed by atoms with Crippen LogP contribution in [0.2, 0.25) is 0 Å². The van der Waals surface area contributed by atoms with Gasteiger partial charge in [0.1, 0.15) is 4.90 Å². The summed E-state index contributed by atoms with van der Waals surface area (Å²) in [4.78, 5) is 0.314. The maximum Gasteiger partial charge on any atom is 0.244 e. The smallest absolute Gasteiger partial charge is 0.244 e. The molecule has 0 radical (unpaired) electrons. The van der Waals surface area contributed by atoms with Crippen molar-refractivity contribution in [2.45, 2.75) is 70.9 Å². The van der Waals surface area contributed by atoms with E-state index in [9.17, 15) is 8.42 Å². The fourth-order valence-electron chi connectivity index (χ4n) is 3.55. The monoisotopic (exact) mass is 342 g/mol. The van der Waals surface area contributed by atoms with Crippen molar-refractivity contribution in [1.82, 2.24) is 14.5 Å². The van der Waals surface area contributed by atoms with E-state index in [0.717, 1.165) is 25.7 Å². The van der Waals surface area contributed by atoms with Gasteiger partial charge in [0.2, 0.25) is 10.0 Å². The van der Waals surface area contributed by atoms with E-state index in [4.69, 9.17) is 5.73 Å². The lowest BCUT2D eigenvalue weighted by molar-refractivity contribution is 0.405. The zero-order valence-corrected chi connectivity index (χ0v) is 15.5. The third kappa shape index (κ3) is 4.14. The van der Waals surface area contributed by atoms with Gasteiger partial charge < -0.3 is 5.73 Å². The van der Waals surface area contributed by atoms with Crippen LogP contribution in [-0.2, 0) is 16.6 Å². The fraction of sp³-hybridized carbons (Fsp3) is 0.812. The van der Waals surface area contributed by atoms with Gasteiger partial charge in [-0.05, 0) is 38.5 Å². The number of nitrogens with zero attached hydrogens (tertiary/aromatic N) is 2. The number of hydrogen-bond acceptors (Lipinski definition) is 4. The highest BCUT2D eigenvalue weighted by atomic mass is 32.2. The second-order valence-electron chi connectivity index (χ2n) is 7.08. The summed E-state index contributed by atoms with van der Waals surface area (Å²) in [5, 5.41) is 4.41. The Morgan fingerprint density at radius 1 is 1.30 bits per heavy atom. The molecule has 6 nitrogen and oxygen atoms in total. The standard InChI is InChI=1S/C16H30N4O2S/c1-11(2)10-20-13(4)16(12(3)18-20)23(21,22)19-15(9-17)14-7-5-6-8-14/h11,14-15,19H,5-10,17H2,1-4H3. The van der Waals surface area contributed by atoms with E-state index in [-0.39, 0.29) is 6.04 Å². The first-order valence-corrected chi connectivity index (χ1v) is 10.0. The first-order chi connectivity index (χ1) is 10.8. The van der Waals surface area contributed by atoms with Crippen molar-refractivity contribution in [3.8, 4) is 0 Å². The molecule has 7 heteroatoms. The Hall–Kier alpha value is -0.920. The maximum atomic E-state index is 12.9. The fourth-order valence-corrected chi connectivity index (χ4v) is 5.28. The van der Waals surface area contributed by atoms with Gasteiger partial charge in [0.25, 0.3) is 0 Å². The predicted octanol–water partition coefficient (Wildman–Crippen LogP) is 1.95. The zero-order chi connectivity index (χ0) is 17.2. The summed E-state index contributed by atoms with van der Waals surface area (Å²) in [6.45, 7) is 8.81. The Morgan fingerprint density at radius 3 is 2.43 bits per heavy atom. The van der Waals surface area contributed by atoms with E-state index >= 15 is 0 Å². The van der Waals surface area contributed by atoms with Gasteiger partial charge >= 0.3 is 0 Å². The van der Waals surface area contributed by atoms with Gasteiger partial charge in [0.05, 0.1) is 11.4 Å². The number of nitrogens with two attached hydrogens (primary N) is 1. The summed E-state index contributed by atoms with van der Waals surface area (Å²) in [5.41, 5.74) is 7.09. The maximum absolute atomic E-state index is 12.9. The quantitative estimate of drug-likeness (QED) is 0.792. The lowest BCUT2D eigenvalue weighted by Crippen LogP contribution is -2.44. The van der Waals surface area contributed by atoms with Gasteiger partial charge in [-0.25, -0.2) is 13.1 Å². The second kappa shape index (κ2) is 7.32. The number of aryl methyl sites for hydroxylation is 1. The molecule has 1 aliphatic carbocycles. The molecule has 1 heterocycles. The minimum absolute atomic E-state index is 0.185.